The van der Waals surface area contributed by atoms with E-state index in [1.165, 1.54) is 16.3 Å². The average molecular weight is 384 g/mol. The summed E-state index contributed by atoms with van der Waals surface area (Å²) in [6.45, 7) is 5.99. The highest BCUT2D eigenvalue weighted by Gasteiger charge is 2.25. The molecule has 7 heteroatoms. The maximum atomic E-state index is 13.5. The third-order valence-corrected chi connectivity index (χ3v) is 5.21. The lowest BCUT2D eigenvalue weighted by molar-refractivity contribution is -0.119. The van der Waals surface area contributed by atoms with Crippen LogP contribution in [-0.2, 0) is 17.8 Å². The van der Waals surface area contributed by atoms with Crippen molar-refractivity contribution in [3.05, 3.63) is 52.3 Å². The molecule has 0 atom stereocenters. The number of amides is 1. The summed E-state index contributed by atoms with van der Waals surface area (Å²) in [6.07, 6.45) is -0.773. The van der Waals surface area contributed by atoms with Crippen LogP contribution >= 0.6 is 0 Å². The number of carbonyl (C=O) groups is 1. The second-order valence-electron chi connectivity index (χ2n) is 7.38. The Morgan fingerprint density at radius 3 is 2.75 bits per heavy atom. The molecule has 4 rings (SSSR count). The molecule has 3 aromatic rings. The molecule has 0 saturated carbocycles. The van der Waals surface area contributed by atoms with Crippen molar-refractivity contribution < 1.29 is 13.6 Å². The van der Waals surface area contributed by atoms with E-state index in [-0.39, 0.29) is 18.0 Å². The summed E-state index contributed by atoms with van der Waals surface area (Å²) in [5, 5.41) is 4.69. The summed E-state index contributed by atoms with van der Waals surface area (Å²) in [4.78, 5) is 19.2. The normalized spacial score (nSPS) is 14.0. The highest BCUT2D eigenvalue weighted by molar-refractivity contribution is 5.95. The van der Waals surface area contributed by atoms with Gasteiger partial charge >= 0.3 is 0 Å². The first-order valence-electron chi connectivity index (χ1n) is 9.38. The molecule has 5 nitrogen and oxygen atoms in total. The second kappa shape index (κ2) is 6.96. The van der Waals surface area contributed by atoms with Crippen molar-refractivity contribution >= 4 is 22.6 Å². The van der Waals surface area contributed by atoms with Gasteiger partial charge in [0, 0.05) is 23.5 Å². The number of rotatable bonds is 3. The number of pyridine rings is 1. The smallest absolute Gasteiger partial charge is 0.264 e. The highest BCUT2D eigenvalue weighted by atomic mass is 19.3. The fourth-order valence-corrected chi connectivity index (χ4v) is 4.00. The molecule has 0 spiro atoms. The molecular weight excluding hydrogens is 362 g/mol. The molecule has 1 aliphatic rings. The van der Waals surface area contributed by atoms with Crippen molar-refractivity contribution in [1.29, 1.82) is 0 Å². The van der Waals surface area contributed by atoms with Crippen molar-refractivity contribution in [2.24, 2.45) is 0 Å². The maximum absolute atomic E-state index is 13.5. The van der Waals surface area contributed by atoms with Crippen LogP contribution in [0.3, 0.4) is 0 Å². The van der Waals surface area contributed by atoms with Crippen molar-refractivity contribution in [3.63, 3.8) is 0 Å². The molecular formula is C21H22F2N4O. The van der Waals surface area contributed by atoms with Gasteiger partial charge in [-0.2, -0.15) is 5.10 Å². The van der Waals surface area contributed by atoms with Crippen LogP contribution < -0.4 is 4.90 Å². The average Bonchev–Trinajstić information content (AvgIpc) is 2.95. The van der Waals surface area contributed by atoms with E-state index in [0.717, 1.165) is 24.1 Å². The first-order valence-corrected chi connectivity index (χ1v) is 9.38. The Labute approximate surface area is 162 Å². The largest absolute Gasteiger partial charge is 0.311 e. The van der Waals surface area contributed by atoms with Crippen LogP contribution in [-0.4, -0.2) is 27.2 Å². The summed E-state index contributed by atoms with van der Waals surface area (Å²) < 4.78 is 28.4. The Morgan fingerprint density at radius 1 is 1.21 bits per heavy atom. The van der Waals surface area contributed by atoms with E-state index < -0.39 is 6.43 Å². The van der Waals surface area contributed by atoms with Crippen LogP contribution in [0.5, 0.6) is 0 Å². The third kappa shape index (κ3) is 3.15. The summed E-state index contributed by atoms with van der Waals surface area (Å²) in [6, 6.07) is 7.47. The standard InChI is InChI=1S/C21H22F2N4O/c1-12-6-7-17-15(9-12)5-4-8-26(17)18(28)11-27-21-19(14(3)25-27)16(20(22)23)10-13(2)24-21/h6-7,9-10,20H,4-5,8,11H2,1-3H3. The number of fused-ring (bicyclic) bond motifs is 2. The van der Waals surface area contributed by atoms with Crippen molar-refractivity contribution in [1.82, 2.24) is 14.8 Å². The lowest BCUT2D eigenvalue weighted by Gasteiger charge is -2.29. The fraction of sp³-hybridized carbons (Fsp3) is 0.381. The van der Waals surface area contributed by atoms with Gasteiger partial charge in [-0.15, -0.1) is 0 Å². The number of carbonyl (C=O) groups excluding carboxylic acids is 1. The van der Waals surface area contributed by atoms with Crippen molar-refractivity contribution in [2.75, 3.05) is 11.4 Å². The molecule has 0 fully saturated rings. The van der Waals surface area contributed by atoms with E-state index >= 15 is 0 Å². The lowest BCUT2D eigenvalue weighted by Crippen LogP contribution is -2.38. The summed E-state index contributed by atoms with van der Waals surface area (Å²) in [5.41, 5.74) is 4.44. The van der Waals surface area contributed by atoms with Gasteiger partial charge < -0.3 is 4.90 Å². The first-order chi connectivity index (χ1) is 13.3. The monoisotopic (exact) mass is 384 g/mol. The van der Waals surface area contributed by atoms with E-state index in [1.807, 2.05) is 19.1 Å². The van der Waals surface area contributed by atoms with Gasteiger partial charge in [-0.3, -0.25) is 4.79 Å². The molecule has 0 radical (unpaired) electrons. The van der Waals surface area contributed by atoms with Crippen LogP contribution in [0.15, 0.2) is 24.3 Å². The van der Waals surface area contributed by atoms with E-state index in [1.54, 1.807) is 18.7 Å². The number of benzene rings is 1. The van der Waals surface area contributed by atoms with Crippen LogP contribution in [0, 0.1) is 20.8 Å². The minimum absolute atomic E-state index is 0.0310. The molecule has 1 aromatic carbocycles. The predicted octanol–water partition coefficient (Wildman–Crippen LogP) is 4.27. The molecule has 1 aliphatic heterocycles. The van der Waals surface area contributed by atoms with Gasteiger partial charge in [0.15, 0.2) is 5.65 Å². The number of aryl methyl sites for hydroxylation is 4. The van der Waals surface area contributed by atoms with Gasteiger partial charge in [0.1, 0.15) is 6.54 Å². The molecule has 2 aromatic heterocycles. The molecule has 0 unspecified atom stereocenters. The van der Waals surface area contributed by atoms with Crippen LogP contribution in [0.2, 0.25) is 0 Å². The van der Waals surface area contributed by atoms with Crippen molar-refractivity contribution in [2.45, 2.75) is 46.6 Å². The molecule has 0 bridgehead atoms. The summed E-state index contributed by atoms with van der Waals surface area (Å²) >= 11 is 0. The third-order valence-electron chi connectivity index (χ3n) is 5.21. The van der Waals surface area contributed by atoms with E-state index in [2.05, 4.69) is 16.1 Å². The number of aromatic nitrogens is 3. The zero-order chi connectivity index (χ0) is 20.0. The first kappa shape index (κ1) is 18.5. The molecule has 28 heavy (non-hydrogen) atoms. The fourth-order valence-electron chi connectivity index (χ4n) is 4.00. The minimum Gasteiger partial charge on any atom is -0.311 e. The predicted molar refractivity (Wildman–Crippen MR) is 104 cm³/mol. The Kier molecular flexibility index (Phi) is 4.61. The van der Waals surface area contributed by atoms with Gasteiger partial charge in [-0.1, -0.05) is 17.7 Å². The zero-order valence-electron chi connectivity index (χ0n) is 16.2. The Bertz CT molecular complexity index is 1070. The summed E-state index contributed by atoms with van der Waals surface area (Å²) in [5.74, 6) is -0.115. The second-order valence-corrected chi connectivity index (χ2v) is 7.38. The Morgan fingerprint density at radius 2 is 2.00 bits per heavy atom. The molecule has 146 valence electrons. The maximum Gasteiger partial charge on any atom is 0.264 e. The minimum atomic E-state index is -2.62. The van der Waals surface area contributed by atoms with E-state index in [9.17, 15) is 13.6 Å². The molecule has 0 aliphatic carbocycles. The van der Waals surface area contributed by atoms with Gasteiger partial charge in [-0.25, -0.2) is 18.4 Å². The SMILES string of the molecule is Cc1ccc2c(c1)CCCN2C(=O)Cn1nc(C)c2c(C(F)F)cc(C)nc21. The van der Waals surface area contributed by atoms with Gasteiger partial charge in [0.2, 0.25) is 5.91 Å². The topological polar surface area (TPSA) is 51.0 Å². The number of halogens is 2. The van der Waals surface area contributed by atoms with Gasteiger partial charge in [0.25, 0.3) is 6.43 Å². The van der Waals surface area contributed by atoms with Crippen LogP contribution in [0.25, 0.3) is 11.0 Å². The molecule has 0 N–H and O–H groups in total. The van der Waals surface area contributed by atoms with Gasteiger partial charge in [0.05, 0.1) is 11.1 Å². The zero-order valence-corrected chi connectivity index (χ0v) is 16.2. The molecule has 0 saturated heterocycles. The quantitative estimate of drug-likeness (QED) is 0.678. The number of alkyl halides is 2. The number of nitrogens with zero attached hydrogens (tertiary/aromatic N) is 4. The van der Waals surface area contributed by atoms with Crippen molar-refractivity contribution in [3.8, 4) is 0 Å². The molecule has 1 amide bonds. The van der Waals surface area contributed by atoms with Crippen LogP contribution in [0.1, 0.15) is 40.9 Å². The molecule has 3 heterocycles. The summed E-state index contributed by atoms with van der Waals surface area (Å²) in [7, 11) is 0. The lowest BCUT2D eigenvalue weighted by atomic mass is 9.99. The van der Waals surface area contributed by atoms with E-state index in [0.29, 0.717) is 29.0 Å². The van der Waals surface area contributed by atoms with Gasteiger partial charge in [-0.05, 0) is 51.3 Å². The Hall–Kier alpha value is -2.83. The Balaban J connectivity index is 1.71. The number of hydrogen-bond donors (Lipinski definition) is 0. The highest BCUT2D eigenvalue weighted by Crippen LogP contribution is 2.31. The number of anilines is 1. The van der Waals surface area contributed by atoms with E-state index in [4.69, 9.17) is 0 Å². The number of hydrogen-bond acceptors (Lipinski definition) is 3. The van der Waals surface area contributed by atoms with Crippen LogP contribution in [0.4, 0.5) is 14.5 Å².